The Balaban J connectivity index is 2.48. The van der Waals surface area contributed by atoms with Gasteiger partial charge in [0.2, 0.25) is 0 Å². The lowest BCUT2D eigenvalue weighted by molar-refractivity contribution is 0.517. The predicted molar refractivity (Wildman–Crippen MR) is 87.9 cm³/mol. The highest BCUT2D eigenvalue weighted by Gasteiger charge is 2.14. The van der Waals surface area contributed by atoms with Gasteiger partial charge in [0.25, 0.3) is 0 Å². The van der Waals surface area contributed by atoms with E-state index in [1.165, 1.54) is 22.3 Å². The Hall–Kier alpha value is -1.60. The van der Waals surface area contributed by atoms with Gasteiger partial charge >= 0.3 is 0 Å². The maximum Gasteiger partial charge on any atom is 0.0138 e. The van der Waals surface area contributed by atoms with Crippen LogP contribution in [-0.2, 0) is 6.42 Å². The minimum atomic E-state index is -0.173. The zero-order valence-corrected chi connectivity index (χ0v) is 13.0. The highest BCUT2D eigenvalue weighted by atomic mass is 14.7. The molecule has 2 aromatic rings. The van der Waals surface area contributed by atoms with Crippen molar-refractivity contribution in [2.75, 3.05) is 0 Å². The lowest BCUT2D eigenvalue weighted by Gasteiger charge is -2.21. The Morgan fingerprint density at radius 1 is 1.00 bits per heavy atom. The first-order chi connectivity index (χ1) is 9.37. The van der Waals surface area contributed by atoms with E-state index < -0.39 is 0 Å². The summed E-state index contributed by atoms with van der Waals surface area (Å²) < 4.78 is 0. The number of nitrogens with two attached hydrogens (primary N) is 1. The van der Waals surface area contributed by atoms with Gasteiger partial charge < -0.3 is 5.73 Å². The number of hydrogen-bond acceptors (Lipinski definition) is 1. The quantitative estimate of drug-likeness (QED) is 0.849. The molecule has 0 heterocycles. The maximum absolute atomic E-state index is 6.15. The summed E-state index contributed by atoms with van der Waals surface area (Å²) in [6.07, 6.45) is 0.894. The largest absolute Gasteiger partial charge is 0.325 e. The van der Waals surface area contributed by atoms with Gasteiger partial charge in [-0.05, 0) is 48.4 Å². The van der Waals surface area contributed by atoms with Gasteiger partial charge in [0.1, 0.15) is 0 Å². The minimum absolute atomic E-state index is 0.173. The summed E-state index contributed by atoms with van der Waals surface area (Å²) in [5, 5.41) is 0. The van der Waals surface area contributed by atoms with Crippen LogP contribution in [0.4, 0.5) is 0 Å². The van der Waals surface area contributed by atoms with Crippen LogP contribution in [-0.4, -0.2) is 5.54 Å². The molecular weight excluding hydrogens is 242 g/mol. The molecule has 0 saturated carbocycles. The monoisotopic (exact) mass is 267 g/mol. The molecule has 2 N–H and O–H groups in total. The van der Waals surface area contributed by atoms with E-state index in [9.17, 15) is 0 Å². The third kappa shape index (κ3) is 3.71. The van der Waals surface area contributed by atoms with E-state index in [2.05, 4.69) is 76.2 Å². The maximum atomic E-state index is 6.15. The molecule has 0 bridgehead atoms. The first-order valence-electron chi connectivity index (χ1n) is 7.34. The number of hydrogen-bond donors (Lipinski definition) is 1. The Labute approximate surface area is 122 Å². The second kappa shape index (κ2) is 5.80. The summed E-state index contributed by atoms with van der Waals surface area (Å²) in [7, 11) is 0. The summed E-state index contributed by atoms with van der Waals surface area (Å²) in [6.45, 7) is 8.64. The second-order valence-electron chi connectivity index (χ2n) is 6.61. The van der Waals surface area contributed by atoms with Crippen LogP contribution in [0, 0.1) is 0 Å². The third-order valence-electron chi connectivity index (χ3n) is 3.48. The number of rotatable bonds is 4. The van der Waals surface area contributed by atoms with Crippen LogP contribution in [0.1, 0.15) is 44.7 Å². The van der Waals surface area contributed by atoms with Crippen molar-refractivity contribution in [1.82, 2.24) is 0 Å². The van der Waals surface area contributed by atoms with Crippen molar-refractivity contribution in [2.24, 2.45) is 5.73 Å². The zero-order chi connectivity index (χ0) is 14.8. The van der Waals surface area contributed by atoms with E-state index in [-0.39, 0.29) is 5.54 Å². The van der Waals surface area contributed by atoms with Gasteiger partial charge in [0.15, 0.2) is 0 Å². The van der Waals surface area contributed by atoms with Crippen LogP contribution in [0.2, 0.25) is 0 Å². The van der Waals surface area contributed by atoms with Crippen molar-refractivity contribution < 1.29 is 0 Å². The van der Waals surface area contributed by atoms with E-state index in [0.29, 0.717) is 5.92 Å². The molecule has 2 aromatic carbocycles. The zero-order valence-electron chi connectivity index (χ0n) is 13.0. The van der Waals surface area contributed by atoms with Crippen molar-refractivity contribution in [3.05, 3.63) is 59.7 Å². The van der Waals surface area contributed by atoms with Crippen molar-refractivity contribution in [2.45, 2.75) is 45.6 Å². The Morgan fingerprint density at radius 3 is 2.20 bits per heavy atom. The fourth-order valence-electron chi connectivity index (χ4n) is 2.61. The summed E-state index contributed by atoms with van der Waals surface area (Å²) in [5.74, 6) is 0.519. The first kappa shape index (κ1) is 14.8. The molecule has 0 amide bonds. The van der Waals surface area contributed by atoms with Crippen molar-refractivity contribution in [1.29, 1.82) is 0 Å². The molecule has 106 valence electrons. The normalized spacial score (nSPS) is 11.9. The van der Waals surface area contributed by atoms with Crippen LogP contribution in [0.15, 0.2) is 48.5 Å². The fourth-order valence-corrected chi connectivity index (χ4v) is 2.61. The second-order valence-corrected chi connectivity index (χ2v) is 6.61. The Bertz CT molecular complexity index is 562. The lowest BCUT2D eigenvalue weighted by atomic mass is 9.88. The molecule has 0 aliphatic heterocycles. The third-order valence-corrected chi connectivity index (χ3v) is 3.48. The number of benzene rings is 2. The molecule has 1 heteroatoms. The molecule has 2 rings (SSSR count). The van der Waals surface area contributed by atoms with E-state index in [1.54, 1.807) is 0 Å². The molecule has 0 aromatic heterocycles. The standard InChI is InChI=1S/C19H25N/c1-14(2)17-11-10-15(13-19(3,4)20)12-18(17)16-8-6-5-7-9-16/h5-12,14H,13,20H2,1-4H3. The summed E-state index contributed by atoms with van der Waals surface area (Å²) in [5.41, 5.74) is 11.3. The van der Waals surface area contributed by atoms with Gasteiger partial charge in [-0.15, -0.1) is 0 Å². The summed E-state index contributed by atoms with van der Waals surface area (Å²) >= 11 is 0. The molecule has 0 radical (unpaired) electrons. The minimum Gasteiger partial charge on any atom is -0.325 e. The van der Waals surface area contributed by atoms with Crippen LogP contribution in [0.3, 0.4) is 0 Å². The molecule has 0 atom stereocenters. The molecule has 0 spiro atoms. The van der Waals surface area contributed by atoms with Gasteiger partial charge in [-0.2, -0.15) is 0 Å². The first-order valence-corrected chi connectivity index (χ1v) is 7.34. The van der Waals surface area contributed by atoms with Crippen molar-refractivity contribution in [3.8, 4) is 11.1 Å². The molecule has 0 saturated heterocycles. The van der Waals surface area contributed by atoms with E-state index >= 15 is 0 Å². The van der Waals surface area contributed by atoms with Crippen LogP contribution >= 0.6 is 0 Å². The van der Waals surface area contributed by atoms with Crippen molar-refractivity contribution >= 4 is 0 Å². The molecule has 0 unspecified atom stereocenters. The van der Waals surface area contributed by atoms with Gasteiger partial charge in [0, 0.05) is 5.54 Å². The summed E-state index contributed by atoms with van der Waals surface area (Å²) in [4.78, 5) is 0. The van der Waals surface area contributed by atoms with E-state index in [0.717, 1.165) is 6.42 Å². The predicted octanol–water partition coefficient (Wildman–Crippen LogP) is 4.76. The molecule has 20 heavy (non-hydrogen) atoms. The van der Waals surface area contributed by atoms with Gasteiger partial charge in [-0.25, -0.2) is 0 Å². The van der Waals surface area contributed by atoms with Crippen LogP contribution in [0.5, 0.6) is 0 Å². The smallest absolute Gasteiger partial charge is 0.0138 e. The highest BCUT2D eigenvalue weighted by Crippen LogP contribution is 2.30. The van der Waals surface area contributed by atoms with E-state index in [4.69, 9.17) is 5.73 Å². The molecule has 0 fully saturated rings. The fraction of sp³-hybridized carbons (Fsp3) is 0.368. The van der Waals surface area contributed by atoms with Gasteiger partial charge in [-0.3, -0.25) is 0 Å². The van der Waals surface area contributed by atoms with Gasteiger partial charge in [-0.1, -0.05) is 62.4 Å². The van der Waals surface area contributed by atoms with Crippen LogP contribution < -0.4 is 5.73 Å². The Morgan fingerprint density at radius 2 is 1.65 bits per heavy atom. The van der Waals surface area contributed by atoms with Gasteiger partial charge in [0.05, 0.1) is 0 Å². The Kier molecular flexibility index (Phi) is 4.29. The lowest BCUT2D eigenvalue weighted by Crippen LogP contribution is -2.34. The molecule has 1 nitrogen and oxygen atoms in total. The molecule has 0 aliphatic carbocycles. The average Bonchev–Trinajstić information content (AvgIpc) is 2.37. The summed E-state index contributed by atoms with van der Waals surface area (Å²) in [6, 6.07) is 17.4. The molecule has 0 aliphatic rings. The topological polar surface area (TPSA) is 26.0 Å². The highest BCUT2D eigenvalue weighted by molar-refractivity contribution is 5.68. The van der Waals surface area contributed by atoms with Crippen molar-refractivity contribution in [3.63, 3.8) is 0 Å². The van der Waals surface area contributed by atoms with E-state index in [1.807, 2.05) is 0 Å². The SMILES string of the molecule is CC(C)c1ccc(CC(C)(C)N)cc1-c1ccccc1. The average molecular weight is 267 g/mol. The molecular formula is C19H25N. The van der Waals surface area contributed by atoms with Crippen LogP contribution in [0.25, 0.3) is 11.1 Å².